The monoisotopic (exact) mass is 253 g/mol. The van der Waals surface area contributed by atoms with Crippen molar-refractivity contribution in [2.75, 3.05) is 19.8 Å². The number of aliphatic hydroxyl groups is 1. The minimum Gasteiger partial charge on any atom is -0.388 e. The first kappa shape index (κ1) is 13.5. The summed E-state index contributed by atoms with van der Waals surface area (Å²) in [6.45, 7) is 3.35. The Hall–Kier alpha value is -0.970. The summed E-state index contributed by atoms with van der Waals surface area (Å²) >= 11 is 0. The highest BCUT2D eigenvalue weighted by Gasteiger charge is 2.39. The van der Waals surface area contributed by atoms with E-state index in [1.54, 1.807) is 19.1 Å². The molecule has 1 aromatic carbocycles. The van der Waals surface area contributed by atoms with Gasteiger partial charge in [0.1, 0.15) is 5.82 Å². The zero-order chi connectivity index (χ0) is 13.2. The van der Waals surface area contributed by atoms with Crippen LogP contribution in [0.5, 0.6) is 0 Å². The largest absolute Gasteiger partial charge is 0.388 e. The molecule has 1 heterocycles. The number of aliphatic hydroxyl groups excluding tert-OH is 1. The zero-order valence-corrected chi connectivity index (χ0v) is 10.7. The number of aryl methyl sites for hydroxylation is 1. The molecular weight excluding hydrogens is 233 g/mol. The van der Waals surface area contributed by atoms with Crippen molar-refractivity contribution in [3.63, 3.8) is 0 Å². The number of hydrogen-bond donors (Lipinski definition) is 2. The second kappa shape index (κ2) is 5.34. The highest BCUT2D eigenvalue weighted by molar-refractivity contribution is 5.27. The molecule has 1 fully saturated rings. The molecule has 0 radical (unpaired) electrons. The quantitative estimate of drug-likeness (QED) is 0.865. The van der Waals surface area contributed by atoms with Crippen molar-refractivity contribution < 1.29 is 14.2 Å². The van der Waals surface area contributed by atoms with E-state index < -0.39 is 6.10 Å². The van der Waals surface area contributed by atoms with E-state index in [0.717, 1.165) is 18.4 Å². The van der Waals surface area contributed by atoms with E-state index in [0.29, 0.717) is 25.3 Å². The summed E-state index contributed by atoms with van der Waals surface area (Å²) in [4.78, 5) is 0. The van der Waals surface area contributed by atoms with E-state index in [9.17, 15) is 9.50 Å². The Morgan fingerprint density at radius 1 is 1.44 bits per heavy atom. The van der Waals surface area contributed by atoms with Gasteiger partial charge in [0.25, 0.3) is 0 Å². The third kappa shape index (κ3) is 2.41. The second-order valence-corrected chi connectivity index (χ2v) is 5.09. The van der Waals surface area contributed by atoms with Gasteiger partial charge in [-0.3, -0.25) is 0 Å². The maximum absolute atomic E-state index is 13.3. The smallest absolute Gasteiger partial charge is 0.126 e. The van der Waals surface area contributed by atoms with Gasteiger partial charge in [0, 0.05) is 25.2 Å². The SMILES string of the molecule is Cc1cc(C(O)C2(CN)CCOCC2)ccc1F. The van der Waals surface area contributed by atoms with Gasteiger partial charge in [0.05, 0.1) is 6.10 Å². The fourth-order valence-electron chi connectivity index (χ4n) is 2.56. The summed E-state index contributed by atoms with van der Waals surface area (Å²) in [6.07, 6.45) is 0.813. The summed E-state index contributed by atoms with van der Waals surface area (Å²) in [5.74, 6) is -0.250. The Bertz CT molecular complexity index is 416. The van der Waals surface area contributed by atoms with Crippen molar-refractivity contribution >= 4 is 0 Å². The summed E-state index contributed by atoms with van der Waals surface area (Å²) in [5.41, 5.74) is 6.79. The van der Waals surface area contributed by atoms with Crippen LogP contribution < -0.4 is 5.73 Å². The Kier molecular flexibility index (Phi) is 4.00. The molecule has 1 aromatic rings. The minimum atomic E-state index is -0.661. The van der Waals surface area contributed by atoms with E-state index >= 15 is 0 Å². The molecule has 0 amide bonds. The third-order valence-corrected chi connectivity index (χ3v) is 3.97. The fourth-order valence-corrected chi connectivity index (χ4v) is 2.56. The third-order valence-electron chi connectivity index (χ3n) is 3.97. The maximum Gasteiger partial charge on any atom is 0.126 e. The number of rotatable bonds is 3. The molecular formula is C14H20FNO2. The van der Waals surface area contributed by atoms with E-state index in [4.69, 9.17) is 10.5 Å². The van der Waals surface area contributed by atoms with Crippen LogP contribution >= 0.6 is 0 Å². The number of ether oxygens (including phenoxy) is 1. The maximum atomic E-state index is 13.3. The standard InChI is InChI=1S/C14H20FNO2/c1-10-8-11(2-3-12(10)15)13(17)14(9-16)4-6-18-7-5-14/h2-3,8,13,17H,4-7,9,16H2,1H3. The summed E-state index contributed by atoms with van der Waals surface area (Å²) in [6, 6.07) is 4.74. The number of nitrogens with two attached hydrogens (primary N) is 1. The van der Waals surface area contributed by atoms with Gasteiger partial charge in [0.2, 0.25) is 0 Å². The van der Waals surface area contributed by atoms with Crippen LogP contribution in [-0.2, 0) is 4.74 Å². The molecule has 0 aromatic heterocycles. The Labute approximate surface area is 107 Å². The lowest BCUT2D eigenvalue weighted by Gasteiger charge is -2.40. The van der Waals surface area contributed by atoms with Gasteiger partial charge in [-0.1, -0.05) is 12.1 Å². The van der Waals surface area contributed by atoms with Crippen molar-refractivity contribution in [3.8, 4) is 0 Å². The van der Waals surface area contributed by atoms with Gasteiger partial charge in [-0.05, 0) is 37.0 Å². The van der Waals surface area contributed by atoms with Gasteiger partial charge in [0.15, 0.2) is 0 Å². The lowest BCUT2D eigenvalue weighted by molar-refractivity contribution is -0.0581. The van der Waals surface area contributed by atoms with E-state index in [1.807, 2.05) is 0 Å². The molecule has 18 heavy (non-hydrogen) atoms. The molecule has 100 valence electrons. The van der Waals surface area contributed by atoms with Gasteiger partial charge >= 0.3 is 0 Å². The summed E-state index contributed by atoms with van der Waals surface area (Å²) in [7, 11) is 0. The first-order chi connectivity index (χ1) is 8.59. The second-order valence-electron chi connectivity index (χ2n) is 5.09. The van der Waals surface area contributed by atoms with Crippen LogP contribution in [0.15, 0.2) is 18.2 Å². The van der Waals surface area contributed by atoms with Gasteiger partial charge < -0.3 is 15.6 Å². The van der Waals surface area contributed by atoms with Crippen molar-refractivity contribution in [1.82, 2.24) is 0 Å². The molecule has 1 aliphatic rings. The lowest BCUT2D eigenvalue weighted by Crippen LogP contribution is -2.41. The Balaban J connectivity index is 2.27. The molecule has 1 aliphatic heterocycles. The molecule has 1 unspecified atom stereocenters. The predicted octanol–water partition coefficient (Wildman–Crippen LogP) is 1.92. The molecule has 4 heteroatoms. The van der Waals surface area contributed by atoms with Crippen LogP contribution in [0.2, 0.25) is 0 Å². The molecule has 3 nitrogen and oxygen atoms in total. The number of benzene rings is 1. The van der Waals surface area contributed by atoms with E-state index in [1.165, 1.54) is 6.07 Å². The van der Waals surface area contributed by atoms with Crippen LogP contribution in [0.4, 0.5) is 4.39 Å². The van der Waals surface area contributed by atoms with Gasteiger partial charge in [-0.25, -0.2) is 4.39 Å². The lowest BCUT2D eigenvalue weighted by atomic mass is 9.73. The van der Waals surface area contributed by atoms with Gasteiger partial charge in [-0.2, -0.15) is 0 Å². The van der Waals surface area contributed by atoms with Crippen LogP contribution in [-0.4, -0.2) is 24.9 Å². The molecule has 0 saturated carbocycles. The number of hydrogen-bond acceptors (Lipinski definition) is 3. The summed E-state index contributed by atoms with van der Waals surface area (Å²) < 4.78 is 18.6. The predicted molar refractivity (Wildman–Crippen MR) is 67.6 cm³/mol. The average Bonchev–Trinajstić information content (AvgIpc) is 2.42. The van der Waals surface area contributed by atoms with Crippen LogP contribution in [0, 0.1) is 18.2 Å². The van der Waals surface area contributed by atoms with E-state index in [-0.39, 0.29) is 11.2 Å². The topological polar surface area (TPSA) is 55.5 Å². The molecule has 3 N–H and O–H groups in total. The van der Waals surface area contributed by atoms with Crippen molar-refractivity contribution in [2.45, 2.75) is 25.9 Å². The highest BCUT2D eigenvalue weighted by atomic mass is 19.1. The van der Waals surface area contributed by atoms with E-state index in [2.05, 4.69) is 0 Å². The zero-order valence-electron chi connectivity index (χ0n) is 10.7. The average molecular weight is 253 g/mol. The molecule has 1 atom stereocenters. The first-order valence-corrected chi connectivity index (χ1v) is 6.31. The van der Waals surface area contributed by atoms with Crippen molar-refractivity contribution in [3.05, 3.63) is 35.1 Å². The number of halogens is 1. The molecule has 0 bridgehead atoms. The normalized spacial score (nSPS) is 20.7. The van der Waals surface area contributed by atoms with Crippen molar-refractivity contribution in [2.24, 2.45) is 11.1 Å². The molecule has 0 spiro atoms. The Morgan fingerprint density at radius 3 is 2.67 bits per heavy atom. The highest BCUT2D eigenvalue weighted by Crippen LogP contribution is 2.41. The van der Waals surface area contributed by atoms with Crippen molar-refractivity contribution in [1.29, 1.82) is 0 Å². The fraction of sp³-hybridized carbons (Fsp3) is 0.571. The minimum absolute atomic E-state index is 0.250. The van der Waals surface area contributed by atoms with Crippen LogP contribution in [0.3, 0.4) is 0 Å². The molecule has 2 rings (SSSR count). The Morgan fingerprint density at radius 2 is 2.11 bits per heavy atom. The molecule has 0 aliphatic carbocycles. The van der Waals surface area contributed by atoms with Gasteiger partial charge in [-0.15, -0.1) is 0 Å². The first-order valence-electron chi connectivity index (χ1n) is 6.31. The van der Waals surface area contributed by atoms with Crippen LogP contribution in [0.1, 0.15) is 30.1 Å². The molecule has 1 saturated heterocycles. The van der Waals surface area contributed by atoms with Crippen LogP contribution in [0.25, 0.3) is 0 Å². The summed E-state index contributed by atoms with van der Waals surface area (Å²) in [5, 5.41) is 10.6.